The fourth-order valence-electron chi connectivity index (χ4n) is 3.65. The first-order valence-corrected chi connectivity index (χ1v) is 10.4. The largest absolute Gasteiger partial charge is 0.497 e. The number of thioether (sulfide) groups is 1. The van der Waals surface area contributed by atoms with E-state index in [0.717, 1.165) is 42.9 Å². The van der Waals surface area contributed by atoms with Gasteiger partial charge in [-0.15, -0.1) is 11.8 Å². The Balaban J connectivity index is 2.02. The molecule has 1 N–H and O–H groups in total. The molecule has 1 aliphatic rings. The van der Waals surface area contributed by atoms with Crippen LogP contribution in [-0.2, 0) is 4.74 Å². The molecule has 0 spiro atoms. The molecule has 3 rings (SSSR count). The third-order valence-electron chi connectivity index (χ3n) is 5.37. The Hall–Kier alpha value is -1.56. The van der Waals surface area contributed by atoms with Gasteiger partial charge in [0.25, 0.3) is 0 Å². The van der Waals surface area contributed by atoms with Crippen LogP contribution in [0.25, 0.3) is 0 Å². The van der Waals surface area contributed by atoms with Crippen LogP contribution < -0.4 is 10.1 Å². The maximum absolute atomic E-state index is 13.5. The molecule has 0 unspecified atom stereocenters. The first kappa shape index (κ1) is 20.2. The van der Waals surface area contributed by atoms with E-state index in [1.54, 1.807) is 14.2 Å². The Kier molecular flexibility index (Phi) is 6.79. The topological polar surface area (TPSA) is 30.5 Å². The molecule has 3 nitrogen and oxygen atoms in total. The van der Waals surface area contributed by atoms with Gasteiger partial charge in [-0.1, -0.05) is 19.1 Å². The summed E-state index contributed by atoms with van der Waals surface area (Å²) in [4.78, 5) is 1.25. The van der Waals surface area contributed by atoms with Crippen LogP contribution in [0.5, 0.6) is 5.75 Å². The molecule has 0 saturated carbocycles. The summed E-state index contributed by atoms with van der Waals surface area (Å²) in [6, 6.07) is 13.1. The molecule has 27 heavy (non-hydrogen) atoms. The summed E-state index contributed by atoms with van der Waals surface area (Å²) in [6.07, 6.45) is 3.06. The number of methoxy groups -OCH3 is 2. The zero-order valence-corrected chi connectivity index (χ0v) is 17.1. The lowest BCUT2D eigenvalue weighted by molar-refractivity contribution is 0.176. The lowest BCUT2D eigenvalue weighted by atomic mass is 9.88. The van der Waals surface area contributed by atoms with Crippen molar-refractivity contribution in [1.29, 1.82) is 0 Å². The van der Waals surface area contributed by atoms with Crippen molar-refractivity contribution in [2.75, 3.05) is 26.6 Å². The molecule has 2 aromatic rings. The van der Waals surface area contributed by atoms with Crippen LogP contribution in [0.4, 0.5) is 4.39 Å². The molecule has 0 bridgehead atoms. The Morgan fingerprint density at radius 1 is 1.19 bits per heavy atom. The lowest BCUT2D eigenvalue weighted by Crippen LogP contribution is -2.48. The third kappa shape index (κ3) is 4.65. The molecule has 0 saturated heterocycles. The number of ether oxygens (including phenoxy) is 2. The van der Waals surface area contributed by atoms with Crippen LogP contribution in [0.15, 0.2) is 47.4 Å². The minimum atomic E-state index is -0.213. The maximum atomic E-state index is 13.5. The van der Waals surface area contributed by atoms with Gasteiger partial charge in [-0.3, -0.25) is 5.32 Å². The van der Waals surface area contributed by atoms with Gasteiger partial charge in [0.15, 0.2) is 0 Å². The molecular weight excluding hydrogens is 361 g/mol. The lowest BCUT2D eigenvalue weighted by Gasteiger charge is -2.36. The van der Waals surface area contributed by atoms with E-state index in [1.165, 1.54) is 22.6 Å². The van der Waals surface area contributed by atoms with Gasteiger partial charge in [0.2, 0.25) is 0 Å². The molecule has 0 fully saturated rings. The Morgan fingerprint density at radius 3 is 2.63 bits per heavy atom. The van der Waals surface area contributed by atoms with Crippen LogP contribution in [0, 0.1) is 5.82 Å². The molecule has 2 aromatic carbocycles. The van der Waals surface area contributed by atoms with Crippen molar-refractivity contribution in [2.24, 2.45) is 0 Å². The minimum absolute atomic E-state index is 0.00545. The van der Waals surface area contributed by atoms with Gasteiger partial charge in [0.1, 0.15) is 11.6 Å². The summed E-state index contributed by atoms with van der Waals surface area (Å²) < 4.78 is 24.3. The highest BCUT2D eigenvalue weighted by atomic mass is 32.2. The normalized spacial score (nSPS) is 22.1. The van der Waals surface area contributed by atoms with Crippen molar-refractivity contribution in [2.45, 2.75) is 42.7 Å². The fraction of sp³-hybridized carbons (Fsp3) is 0.455. The number of hydrogen-bond donors (Lipinski definition) is 1. The summed E-state index contributed by atoms with van der Waals surface area (Å²) in [7, 11) is 3.43. The fourth-order valence-corrected chi connectivity index (χ4v) is 5.02. The second kappa shape index (κ2) is 9.09. The highest BCUT2D eigenvalue weighted by Gasteiger charge is 2.35. The van der Waals surface area contributed by atoms with Gasteiger partial charge in [0, 0.05) is 29.9 Å². The highest BCUT2D eigenvalue weighted by Crippen LogP contribution is 2.42. The van der Waals surface area contributed by atoms with Crippen LogP contribution in [0.3, 0.4) is 0 Å². The molecule has 5 heteroatoms. The standard InChI is InChI=1S/C22H28FNO2S/c1-4-22(12-5-13-25-2)15-27-20-11-10-18(26-3)14-19(20)21(24-22)16-6-8-17(23)9-7-16/h6-11,14,21,24H,4-5,12-13,15H2,1-3H3/t21-,22-/m0/s1. The molecular formula is C22H28FNO2S. The summed E-state index contributed by atoms with van der Waals surface area (Å²) in [5.74, 6) is 1.62. The van der Waals surface area contributed by atoms with Gasteiger partial charge < -0.3 is 9.47 Å². The number of nitrogens with one attached hydrogen (secondary N) is 1. The van der Waals surface area contributed by atoms with Gasteiger partial charge in [0.05, 0.1) is 13.2 Å². The Labute approximate surface area is 165 Å². The molecule has 1 aliphatic heterocycles. The van der Waals surface area contributed by atoms with Gasteiger partial charge in [-0.2, -0.15) is 0 Å². The van der Waals surface area contributed by atoms with E-state index < -0.39 is 0 Å². The van der Waals surface area contributed by atoms with Crippen LogP contribution in [0.2, 0.25) is 0 Å². The molecule has 0 aromatic heterocycles. The van der Waals surface area contributed by atoms with E-state index in [0.29, 0.717) is 0 Å². The van der Waals surface area contributed by atoms with Crippen LogP contribution in [-0.4, -0.2) is 32.1 Å². The number of halogens is 1. The first-order valence-electron chi connectivity index (χ1n) is 9.43. The average molecular weight is 390 g/mol. The van der Waals surface area contributed by atoms with Gasteiger partial charge in [-0.05, 0) is 60.7 Å². The molecule has 0 aliphatic carbocycles. The predicted octanol–water partition coefficient (Wildman–Crippen LogP) is 5.19. The number of rotatable bonds is 7. The monoisotopic (exact) mass is 389 g/mol. The van der Waals surface area contributed by atoms with Crippen molar-refractivity contribution >= 4 is 11.8 Å². The Bertz CT molecular complexity index is 752. The summed E-state index contributed by atoms with van der Waals surface area (Å²) in [6.45, 7) is 2.99. The highest BCUT2D eigenvalue weighted by molar-refractivity contribution is 7.99. The smallest absolute Gasteiger partial charge is 0.123 e. The number of fused-ring (bicyclic) bond motifs is 1. The summed E-state index contributed by atoms with van der Waals surface area (Å²) in [5.41, 5.74) is 2.25. The zero-order valence-electron chi connectivity index (χ0n) is 16.3. The van der Waals surface area contributed by atoms with Crippen molar-refractivity contribution in [1.82, 2.24) is 5.32 Å². The van der Waals surface area contributed by atoms with Crippen molar-refractivity contribution < 1.29 is 13.9 Å². The molecule has 2 atom stereocenters. The van der Waals surface area contributed by atoms with Crippen molar-refractivity contribution in [3.05, 3.63) is 59.4 Å². The molecule has 0 amide bonds. The van der Waals surface area contributed by atoms with E-state index in [4.69, 9.17) is 9.47 Å². The van der Waals surface area contributed by atoms with Crippen molar-refractivity contribution in [3.8, 4) is 5.75 Å². The second-order valence-corrected chi connectivity index (χ2v) is 8.07. The average Bonchev–Trinajstić information content (AvgIpc) is 2.86. The number of hydrogen-bond acceptors (Lipinski definition) is 4. The SMILES string of the molecule is CC[C@]1(CCCOC)CSc2ccc(OC)cc2[C@H](c2ccc(F)cc2)N1. The van der Waals surface area contributed by atoms with Crippen LogP contribution >= 0.6 is 11.8 Å². The van der Waals surface area contributed by atoms with E-state index >= 15 is 0 Å². The molecule has 146 valence electrons. The second-order valence-electron chi connectivity index (χ2n) is 7.05. The van der Waals surface area contributed by atoms with E-state index in [9.17, 15) is 4.39 Å². The zero-order chi connectivity index (χ0) is 19.3. The maximum Gasteiger partial charge on any atom is 0.123 e. The van der Waals surface area contributed by atoms with E-state index in [2.05, 4.69) is 24.4 Å². The van der Waals surface area contributed by atoms with Crippen molar-refractivity contribution in [3.63, 3.8) is 0 Å². The van der Waals surface area contributed by atoms with E-state index in [1.807, 2.05) is 30.0 Å². The number of benzene rings is 2. The van der Waals surface area contributed by atoms with Gasteiger partial charge >= 0.3 is 0 Å². The predicted molar refractivity (Wildman–Crippen MR) is 109 cm³/mol. The van der Waals surface area contributed by atoms with E-state index in [-0.39, 0.29) is 17.4 Å². The van der Waals surface area contributed by atoms with Gasteiger partial charge in [-0.25, -0.2) is 4.39 Å². The molecule has 0 radical (unpaired) electrons. The summed E-state index contributed by atoms with van der Waals surface area (Å²) >= 11 is 1.89. The Morgan fingerprint density at radius 2 is 1.96 bits per heavy atom. The molecule has 1 heterocycles. The summed E-state index contributed by atoms with van der Waals surface area (Å²) in [5, 5.41) is 3.93. The first-order chi connectivity index (χ1) is 13.1. The van der Waals surface area contributed by atoms with Crippen LogP contribution in [0.1, 0.15) is 43.4 Å². The third-order valence-corrected chi connectivity index (χ3v) is 6.75. The quantitative estimate of drug-likeness (QED) is 0.660. The minimum Gasteiger partial charge on any atom is -0.497 e.